The van der Waals surface area contributed by atoms with Gasteiger partial charge in [0.15, 0.2) is 0 Å². The number of aromatic carboxylic acids is 1. The number of ether oxygens (including phenoxy) is 1. The summed E-state index contributed by atoms with van der Waals surface area (Å²) in [4.78, 5) is 10.7. The van der Waals surface area contributed by atoms with E-state index in [2.05, 4.69) is 0 Å². The van der Waals surface area contributed by atoms with Crippen molar-refractivity contribution in [2.75, 3.05) is 13.2 Å². The molecule has 4 nitrogen and oxygen atoms in total. The van der Waals surface area contributed by atoms with Crippen LogP contribution >= 0.6 is 0 Å². The maximum atomic E-state index is 10.7. The number of rotatable bonds is 4. The minimum atomic E-state index is -0.956. The second kappa shape index (κ2) is 4.62. The van der Waals surface area contributed by atoms with E-state index in [1.807, 2.05) is 6.92 Å². The van der Waals surface area contributed by atoms with Crippen LogP contribution in [0.3, 0.4) is 0 Å². The maximum absolute atomic E-state index is 10.7. The molecule has 0 bridgehead atoms. The molecule has 1 rings (SSSR count). The summed E-state index contributed by atoms with van der Waals surface area (Å²) in [6, 6.07) is 4.77. The maximum Gasteiger partial charge on any atom is 0.335 e. The van der Waals surface area contributed by atoms with Gasteiger partial charge in [0.25, 0.3) is 0 Å². The zero-order valence-electron chi connectivity index (χ0n) is 7.99. The van der Waals surface area contributed by atoms with Crippen LogP contribution in [0.4, 0.5) is 0 Å². The molecule has 0 saturated heterocycles. The lowest BCUT2D eigenvalue weighted by Gasteiger charge is -2.08. The second-order valence-corrected chi connectivity index (χ2v) is 2.92. The van der Waals surface area contributed by atoms with Crippen molar-refractivity contribution < 1.29 is 14.6 Å². The van der Waals surface area contributed by atoms with Crippen LogP contribution < -0.4 is 10.5 Å². The van der Waals surface area contributed by atoms with Crippen molar-refractivity contribution in [3.63, 3.8) is 0 Å². The predicted octanol–water partition coefficient (Wildman–Crippen LogP) is 1.03. The molecule has 0 fully saturated rings. The van der Waals surface area contributed by atoms with Gasteiger partial charge >= 0.3 is 5.97 Å². The van der Waals surface area contributed by atoms with Crippen molar-refractivity contribution in [3.8, 4) is 5.75 Å². The molecular weight excluding hydrogens is 182 g/mol. The normalized spacial score (nSPS) is 9.86. The van der Waals surface area contributed by atoms with Crippen LogP contribution in [0.25, 0.3) is 0 Å². The Hall–Kier alpha value is -1.55. The Bertz CT molecular complexity index is 336. The Labute approximate surface area is 82.3 Å². The fourth-order valence-corrected chi connectivity index (χ4v) is 1.06. The van der Waals surface area contributed by atoms with Gasteiger partial charge in [0.2, 0.25) is 0 Å². The van der Waals surface area contributed by atoms with Gasteiger partial charge < -0.3 is 15.6 Å². The Morgan fingerprint density at radius 3 is 2.86 bits per heavy atom. The van der Waals surface area contributed by atoms with Crippen molar-refractivity contribution in [1.29, 1.82) is 0 Å². The van der Waals surface area contributed by atoms with Crippen LogP contribution in [0.1, 0.15) is 15.9 Å². The summed E-state index contributed by atoms with van der Waals surface area (Å²) in [5.41, 5.74) is 6.41. The van der Waals surface area contributed by atoms with E-state index in [0.717, 1.165) is 5.56 Å². The Kier molecular flexibility index (Phi) is 3.48. The molecule has 4 heteroatoms. The number of benzene rings is 1. The van der Waals surface area contributed by atoms with Gasteiger partial charge in [0.05, 0.1) is 5.56 Å². The highest BCUT2D eigenvalue weighted by molar-refractivity contribution is 5.88. The van der Waals surface area contributed by atoms with Crippen LogP contribution in [0.5, 0.6) is 5.75 Å². The Balaban J connectivity index is 2.90. The van der Waals surface area contributed by atoms with E-state index in [4.69, 9.17) is 15.6 Å². The summed E-state index contributed by atoms with van der Waals surface area (Å²) in [5.74, 6) is -0.377. The van der Waals surface area contributed by atoms with Crippen molar-refractivity contribution in [2.24, 2.45) is 5.73 Å². The van der Waals surface area contributed by atoms with Crippen LogP contribution in [-0.4, -0.2) is 24.2 Å². The predicted molar refractivity (Wildman–Crippen MR) is 52.7 cm³/mol. The molecule has 14 heavy (non-hydrogen) atoms. The van der Waals surface area contributed by atoms with E-state index < -0.39 is 5.97 Å². The number of carboxylic acids is 1. The Morgan fingerprint density at radius 2 is 2.29 bits per heavy atom. The molecule has 0 atom stereocenters. The van der Waals surface area contributed by atoms with Crippen molar-refractivity contribution in [3.05, 3.63) is 29.3 Å². The first kappa shape index (κ1) is 10.5. The molecule has 0 saturated carbocycles. The molecule has 0 heterocycles. The van der Waals surface area contributed by atoms with Crippen LogP contribution in [0.15, 0.2) is 18.2 Å². The van der Waals surface area contributed by atoms with Gasteiger partial charge in [0, 0.05) is 6.54 Å². The van der Waals surface area contributed by atoms with E-state index >= 15 is 0 Å². The van der Waals surface area contributed by atoms with Gasteiger partial charge in [-0.25, -0.2) is 4.79 Å². The van der Waals surface area contributed by atoms with Crippen LogP contribution in [0.2, 0.25) is 0 Å². The van der Waals surface area contributed by atoms with Gasteiger partial charge in [-0.2, -0.15) is 0 Å². The highest BCUT2D eigenvalue weighted by Crippen LogP contribution is 2.19. The molecule has 0 aromatic heterocycles. The Morgan fingerprint density at radius 1 is 1.57 bits per heavy atom. The molecule has 1 aromatic rings. The van der Waals surface area contributed by atoms with Crippen LogP contribution in [-0.2, 0) is 0 Å². The summed E-state index contributed by atoms with van der Waals surface area (Å²) in [6.45, 7) is 2.66. The largest absolute Gasteiger partial charge is 0.492 e. The lowest BCUT2D eigenvalue weighted by atomic mass is 10.1. The molecule has 0 aliphatic heterocycles. The quantitative estimate of drug-likeness (QED) is 0.752. The monoisotopic (exact) mass is 195 g/mol. The van der Waals surface area contributed by atoms with Gasteiger partial charge in [-0.3, -0.25) is 0 Å². The average molecular weight is 195 g/mol. The summed E-state index contributed by atoms with van der Waals surface area (Å²) in [5, 5.41) is 8.75. The fourth-order valence-electron chi connectivity index (χ4n) is 1.06. The highest BCUT2D eigenvalue weighted by Gasteiger charge is 2.06. The topological polar surface area (TPSA) is 72.5 Å². The number of hydrogen-bond donors (Lipinski definition) is 2. The molecule has 0 spiro atoms. The third kappa shape index (κ3) is 2.47. The standard InChI is InChI=1S/C10H13NO3/c1-7-2-3-8(10(12)13)6-9(7)14-5-4-11/h2-3,6H,4-5,11H2,1H3,(H,12,13). The summed E-state index contributed by atoms with van der Waals surface area (Å²) >= 11 is 0. The average Bonchev–Trinajstić information content (AvgIpc) is 2.16. The van der Waals surface area contributed by atoms with Gasteiger partial charge in [-0.05, 0) is 24.6 Å². The summed E-state index contributed by atoms with van der Waals surface area (Å²) in [6.07, 6.45) is 0. The first-order valence-corrected chi connectivity index (χ1v) is 4.32. The van der Waals surface area contributed by atoms with Gasteiger partial charge in [0.1, 0.15) is 12.4 Å². The molecule has 3 N–H and O–H groups in total. The van der Waals surface area contributed by atoms with Crippen molar-refractivity contribution in [1.82, 2.24) is 0 Å². The van der Waals surface area contributed by atoms with Gasteiger partial charge in [-0.1, -0.05) is 6.07 Å². The number of carbonyl (C=O) groups is 1. The van der Waals surface area contributed by atoms with Gasteiger partial charge in [-0.15, -0.1) is 0 Å². The second-order valence-electron chi connectivity index (χ2n) is 2.92. The van der Waals surface area contributed by atoms with Crippen LogP contribution in [0, 0.1) is 6.92 Å². The molecule has 0 unspecified atom stereocenters. The highest BCUT2D eigenvalue weighted by atomic mass is 16.5. The zero-order valence-corrected chi connectivity index (χ0v) is 7.99. The minimum absolute atomic E-state index is 0.225. The summed E-state index contributed by atoms with van der Waals surface area (Å²) in [7, 11) is 0. The number of hydrogen-bond acceptors (Lipinski definition) is 3. The SMILES string of the molecule is Cc1ccc(C(=O)O)cc1OCCN. The van der Waals surface area contributed by atoms with E-state index in [0.29, 0.717) is 18.9 Å². The summed E-state index contributed by atoms with van der Waals surface area (Å²) < 4.78 is 5.29. The van der Waals surface area contributed by atoms with Crippen molar-refractivity contribution >= 4 is 5.97 Å². The molecule has 0 aliphatic carbocycles. The smallest absolute Gasteiger partial charge is 0.335 e. The lowest BCUT2D eigenvalue weighted by molar-refractivity contribution is 0.0696. The first-order chi connectivity index (χ1) is 6.65. The zero-order chi connectivity index (χ0) is 10.6. The molecule has 0 amide bonds. The van der Waals surface area contributed by atoms with E-state index in [1.54, 1.807) is 12.1 Å². The third-order valence-electron chi connectivity index (χ3n) is 1.81. The van der Waals surface area contributed by atoms with E-state index in [1.165, 1.54) is 6.07 Å². The van der Waals surface area contributed by atoms with E-state index in [-0.39, 0.29) is 5.56 Å². The number of aryl methyl sites for hydroxylation is 1. The third-order valence-corrected chi connectivity index (χ3v) is 1.81. The lowest BCUT2D eigenvalue weighted by Crippen LogP contribution is -2.11. The number of nitrogens with two attached hydrogens (primary N) is 1. The minimum Gasteiger partial charge on any atom is -0.492 e. The molecule has 76 valence electrons. The fraction of sp³-hybridized carbons (Fsp3) is 0.300. The van der Waals surface area contributed by atoms with Crippen molar-refractivity contribution in [2.45, 2.75) is 6.92 Å². The molecule has 1 aromatic carbocycles. The van der Waals surface area contributed by atoms with E-state index in [9.17, 15) is 4.79 Å². The molecule has 0 aliphatic rings. The molecule has 0 radical (unpaired) electrons. The first-order valence-electron chi connectivity index (χ1n) is 4.32. The molecular formula is C10H13NO3. The number of carboxylic acid groups (broad SMARTS) is 1.